The number of fused-ring (bicyclic) bond motifs is 7. The lowest BCUT2D eigenvalue weighted by Crippen LogP contribution is -2.61. The molecule has 508 valence electrons. The highest BCUT2D eigenvalue weighted by Gasteiger charge is 2.46. The predicted octanol–water partition coefficient (Wildman–Crippen LogP) is 25.5. The third-order valence-corrected chi connectivity index (χ3v) is 21.7. The Balaban J connectivity index is 1.03. The molecule has 5 heteroatoms. The number of nitrogens with zero attached hydrogens (tertiary/aromatic N) is 4. The summed E-state index contributed by atoms with van der Waals surface area (Å²) in [5.74, 6) is 0. The molecule has 3 heterocycles. The molecule has 2 aliphatic heterocycles. The average Bonchev–Trinajstić information content (AvgIpc) is 1.23. The maximum absolute atomic E-state index is 2.73. The second-order valence-corrected chi connectivity index (χ2v) is 33.9. The first-order chi connectivity index (χ1) is 49.3. The summed E-state index contributed by atoms with van der Waals surface area (Å²) in [6.07, 6.45) is 0. The van der Waals surface area contributed by atoms with E-state index in [4.69, 9.17) is 0 Å². The van der Waals surface area contributed by atoms with Crippen LogP contribution in [0.5, 0.6) is 0 Å². The van der Waals surface area contributed by atoms with Gasteiger partial charge >= 0.3 is 0 Å². The summed E-state index contributed by atoms with van der Waals surface area (Å²) < 4.78 is 2.41. The summed E-state index contributed by atoms with van der Waals surface area (Å²) in [5, 5.41) is 2.49. The predicted molar refractivity (Wildman–Crippen MR) is 445 cm³/mol. The Morgan fingerprint density at radius 2 is 0.670 bits per heavy atom. The van der Waals surface area contributed by atoms with Crippen LogP contribution in [0.15, 0.2) is 291 Å². The molecule has 14 aromatic rings. The van der Waals surface area contributed by atoms with E-state index in [1.54, 1.807) is 0 Å². The number of aromatic nitrogens is 1. The standard InChI is InChI=1S/C98H93BN4/c1-94(2,3)69-45-53-87(80(58-69)64-32-20-16-21-33-64)102-89-63-77(100(74-38-26-19-27-39-74)75-46-48-76(49-47-75)101-85-42-30-28-40-78(85)79-41-29-31-43-86(79)101)50-52-84(89)99-83-51-44-67(68-54-70(95(4,5)6)57-71(55-68)96(7,8)9)56-88(83)103(91-62-73(98(13,14)15)61-90(102)92(91)99)93-81(65-34-22-17-23-35-65)59-72(97(10,11)12)60-82(93)66-36-24-18-25-37-66/h16-63H,1-15H3. The Hall–Kier alpha value is -10.9. The van der Waals surface area contributed by atoms with Gasteiger partial charge in [0.2, 0.25) is 0 Å². The molecular formula is C98H93BN4. The van der Waals surface area contributed by atoms with Crippen molar-refractivity contribution in [3.63, 3.8) is 0 Å². The summed E-state index contributed by atoms with van der Waals surface area (Å²) in [7, 11) is 0. The maximum Gasteiger partial charge on any atom is 0.252 e. The van der Waals surface area contributed by atoms with Gasteiger partial charge in [0.25, 0.3) is 6.71 Å². The summed E-state index contributed by atoms with van der Waals surface area (Å²) in [6, 6.07) is 111. The molecule has 0 amide bonds. The zero-order valence-electron chi connectivity index (χ0n) is 62.6. The molecule has 0 spiro atoms. The number of hydrogen-bond acceptors (Lipinski definition) is 3. The van der Waals surface area contributed by atoms with E-state index in [1.165, 1.54) is 128 Å². The van der Waals surface area contributed by atoms with E-state index in [9.17, 15) is 0 Å². The minimum absolute atomic E-state index is 0.0874. The van der Waals surface area contributed by atoms with Crippen LogP contribution in [0.4, 0.5) is 51.2 Å². The van der Waals surface area contributed by atoms with Gasteiger partial charge in [0.05, 0.1) is 22.4 Å². The first-order valence-corrected chi connectivity index (χ1v) is 36.9. The van der Waals surface area contributed by atoms with Crippen molar-refractivity contribution in [2.45, 2.75) is 131 Å². The van der Waals surface area contributed by atoms with Crippen LogP contribution in [0.1, 0.15) is 132 Å². The lowest BCUT2D eigenvalue weighted by molar-refractivity contribution is 0.569. The first-order valence-electron chi connectivity index (χ1n) is 36.9. The van der Waals surface area contributed by atoms with E-state index in [-0.39, 0.29) is 33.8 Å². The minimum Gasteiger partial charge on any atom is -0.311 e. The Labute approximate surface area is 611 Å². The molecule has 0 aliphatic carbocycles. The van der Waals surface area contributed by atoms with Crippen molar-refractivity contribution < 1.29 is 0 Å². The summed E-state index contributed by atoms with van der Waals surface area (Å²) >= 11 is 0. The fourth-order valence-electron chi connectivity index (χ4n) is 15.9. The molecule has 1 aromatic heterocycles. The fourth-order valence-corrected chi connectivity index (χ4v) is 15.9. The molecule has 2 aliphatic rings. The molecule has 0 fully saturated rings. The number of anilines is 9. The third-order valence-electron chi connectivity index (χ3n) is 21.7. The van der Waals surface area contributed by atoms with Gasteiger partial charge in [0, 0.05) is 73.0 Å². The lowest BCUT2D eigenvalue weighted by atomic mass is 9.33. The Bertz CT molecular complexity index is 5430. The Morgan fingerprint density at radius 3 is 1.18 bits per heavy atom. The van der Waals surface area contributed by atoms with Crippen molar-refractivity contribution in [1.29, 1.82) is 0 Å². The fraction of sp³-hybridized carbons (Fsp3) is 0.204. The zero-order valence-corrected chi connectivity index (χ0v) is 62.6. The average molecular weight is 1340 g/mol. The van der Waals surface area contributed by atoms with Crippen LogP contribution in [0, 0.1) is 0 Å². The van der Waals surface area contributed by atoms with Gasteiger partial charge < -0.3 is 19.3 Å². The van der Waals surface area contributed by atoms with Crippen molar-refractivity contribution in [2.24, 2.45) is 0 Å². The molecule has 4 nitrogen and oxygen atoms in total. The Kier molecular flexibility index (Phi) is 16.2. The van der Waals surface area contributed by atoms with Gasteiger partial charge in [-0.2, -0.15) is 0 Å². The van der Waals surface area contributed by atoms with Crippen molar-refractivity contribution in [2.75, 3.05) is 14.7 Å². The van der Waals surface area contributed by atoms with E-state index in [0.29, 0.717) is 0 Å². The largest absolute Gasteiger partial charge is 0.311 e. The van der Waals surface area contributed by atoms with Crippen LogP contribution in [0.2, 0.25) is 0 Å². The molecule has 0 saturated heterocycles. The molecular weight excluding hydrogens is 1240 g/mol. The van der Waals surface area contributed by atoms with E-state index in [1.807, 2.05) is 0 Å². The van der Waals surface area contributed by atoms with Crippen LogP contribution in [0.25, 0.3) is 72.0 Å². The van der Waals surface area contributed by atoms with Gasteiger partial charge in [0.15, 0.2) is 0 Å². The van der Waals surface area contributed by atoms with Gasteiger partial charge in [-0.05, 0) is 202 Å². The van der Waals surface area contributed by atoms with E-state index in [0.717, 1.165) is 39.8 Å². The number of rotatable bonds is 10. The highest BCUT2D eigenvalue weighted by atomic mass is 15.2. The summed E-state index contributed by atoms with van der Waals surface area (Å²) in [5.41, 5.74) is 32.5. The van der Waals surface area contributed by atoms with Crippen molar-refractivity contribution in [1.82, 2.24) is 4.57 Å². The zero-order chi connectivity index (χ0) is 71.6. The van der Waals surface area contributed by atoms with Gasteiger partial charge in [-0.25, -0.2) is 0 Å². The van der Waals surface area contributed by atoms with Crippen molar-refractivity contribution in [3.05, 3.63) is 319 Å². The van der Waals surface area contributed by atoms with E-state index >= 15 is 0 Å². The number of benzene rings is 13. The van der Waals surface area contributed by atoms with Gasteiger partial charge in [0.1, 0.15) is 0 Å². The molecule has 0 unspecified atom stereocenters. The number of hydrogen-bond donors (Lipinski definition) is 0. The van der Waals surface area contributed by atoms with Crippen molar-refractivity contribution in [3.8, 4) is 50.2 Å². The number of para-hydroxylation sites is 3. The molecule has 0 saturated carbocycles. The van der Waals surface area contributed by atoms with Crippen LogP contribution < -0.4 is 31.1 Å². The first kappa shape index (κ1) is 66.7. The van der Waals surface area contributed by atoms with Gasteiger partial charge in [-0.3, -0.25) is 0 Å². The second kappa shape index (κ2) is 25.0. The molecule has 13 aromatic carbocycles. The molecule has 103 heavy (non-hydrogen) atoms. The normalized spacial score (nSPS) is 13.1. The summed E-state index contributed by atoms with van der Waals surface area (Å²) in [6.45, 7) is 35.2. The van der Waals surface area contributed by atoms with E-state index < -0.39 is 0 Å². The molecule has 0 radical (unpaired) electrons. The monoisotopic (exact) mass is 1340 g/mol. The van der Waals surface area contributed by atoms with Crippen molar-refractivity contribution >= 4 is 96.1 Å². The van der Waals surface area contributed by atoms with Crippen LogP contribution in [-0.4, -0.2) is 11.3 Å². The Morgan fingerprint density at radius 1 is 0.262 bits per heavy atom. The topological polar surface area (TPSA) is 14.7 Å². The van der Waals surface area contributed by atoms with Crippen LogP contribution in [-0.2, 0) is 27.1 Å². The molecule has 16 rings (SSSR count). The third kappa shape index (κ3) is 11.9. The highest BCUT2D eigenvalue weighted by Crippen LogP contribution is 2.55. The molecule has 0 atom stereocenters. The van der Waals surface area contributed by atoms with Crippen LogP contribution in [0.3, 0.4) is 0 Å². The maximum atomic E-state index is 2.73. The molecule has 0 bridgehead atoms. The molecule has 0 N–H and O–H groups in total. The highest BCUT2D eigenvalue weighted by molar-refractivity contribution is 7.00. The minimum atomic E-state index is -0.298. The van der Waals surface area contributed by atoms with Gasteiger partial charge in [-0.15, -0.1) is 0 Å². The van der Waals surface area contributed by atoms with E-state index in [2.05, 4.69) is 414 Å². The second-order valence-electron chi connectivity index (χ2n) is 33.9. The smallest absolute Gasteiger partial charge is 0.252 e. The SMILES string of the molecule is CC(C)(C)c1cc(-c2ccc3c(c2)N(c2c(-c4ccccc4)cc(C(C)(C)C)cc2-c2ccccc2)c2cc(C(C)(C)C)cc4c2B3c2ccc(N(c3ccccc3)c3ccc(-n5c6ccccc6c6ccccc65)cc3)cc2N4c2ccc(C(C)(C)C)cc2-c2ccccc2)cc(C(C)(C)C)c1. The quantitative estimate of drug-likeness (QED) is 0.127. The van der Waals surface area contributed by atoms with Gasteiger partial charge in [-0.1, -0.05) is 292 Å². The lowest BCUT2D eigenvalue weighted by Gasteiger charge is -2.46. The summed E-state index contributed by atoms with van der Waals surface area (Å²) in [4.78, 5) is 7.87. The van der Waals surface area contributed by atoms with Crippen LogP contribution >= 0.6 is 0 Å².